The Morgan fingerprint density at radius 1 is 0.932 bits per heavy atom. The Morgan fingerprint density at radius 3 is 2.18 bits per heavy atom. The number of aliphatic carboxylic acids is 1. The number of amides is 3. The van der Waals surface area contributed by atoms with E-state index in [1.165, 1.54) is 31.7 Å². The SMILES string of the molecule is COc1ccc(C(C(=O)O)n2ccc(NC(=O)C(CCCc3ccccc3)NC(=O)C(C)(C)NC(=O)OC(C)(C)C)c2)cc1. The topological polar surface area (TPSA) is 148 Å². The van der Waals surface area contributed by atoms with Crippen molar-refractivity contribution in [1.29, 1.82) is 0 Å². The van der Waals surface area contributed by atoms with Crippen molar-refractivity contribution in [3.8, 4) is 5.75 Å². The van der Waals surface area contributed by atoms with Gasteiger partial charge in [-0.3, -0.25) is 9.59 Å². The molecule has 0 aliphatic heterocycles. The molecule has 2 atom stereocenters. The molecule has 1 heterocycles. The molecule has 0 saturated carbocycles. The number of carboxylic acid groups (broad SMARTS) is 1. The van der Waals surface area contributed by atoms with Gasteiger partial charge in [0.2, 0.25) is 11.8 Å². The van der Waals surface area contributed by atoms with Gasteiger partial charge in [0, 0.05) is 12.4 Å². The third kappa shape index (κ3) is 9.89. The van der Waals surface area contributed by atoms with Gasteiger partial charge in [0.15, 0.2) is 6.04 Å². The zero-order valence-electron chi connectivity index (χ0n) is 26.0. The maximum atomic E-state index is 13.5. The molecule has 0 radical (unpaired) electrons. The van der Waals surface area contributed by atoms with Crippen LogP contribution in [0.25, 0.3) is 0 Å². The average Bonchev–Trinajstić information content (AvgIpc) is 3.39. The largest absolute Gasteiger partial charge is 0.497 e. The predicted octanol–water partition coefficient (Wildman–Crippen LogP) is 4.92. The number of nitrogens with one attached hydrogen (secondary N) is 3. The number of ether oxygens (including phenoxy) is 2. The van der Waals surface area contributed by atoms with Crippen molar-refractivity contribution < 1.29 is 33.8 Å². The molecule has 2 aromatic carbocycles. The van der Waals surface area contributed by atoms with Crippen molar-refractivity contribution in [2.75, 3.05) is 12.4 Å². The number of carboxylic acids is 1. The Labute approximate surface area is 257 Å². The van der Waals surface area contributed by atoms with E-state index < -0.39 is 47.1 Å². The second-order valence-corrected chi connectivity index (χ2v) is 12.0. The number of aryl methyl sites for hydroxylation is 1. The summed E-state index contributed by atoms with van der Waals surface area (Å²) in [5, 5.41) is 18.1. The normalized spacial score (nSPS) is 12.9. The monoisotopic (exact) mass is 606 g/mol. The zero-order valence-corrected chi connectivity index (χ0v) is 26.0. The molecule has 0 aliphatic carbocycles. The van der Waals surface area contributed by atoms with Gasteiger partial charge in [-0.2, -0.15) is 0 Å². The number of alkyl carbamates (subject to hydrolysis) is 1. The van der Waals surface area contributed by atoms with E-state index in [1.54, 1.807) is 57.3 Å². The van der Waals surface area contributed by atoms with Crippen LogP contribution in [0.2, 0.25) is 0 Å². The maximum absolute atomic E-state index is 13.5. The first-order valence-electron chi connectivity index (χ1n) is 14.4. The molecule has 3 amide bonds. The number of rotatable bonds is 13. The zero-order chi connectivity index (χ0) is 32.5. The standard InChI is InChI=1S/C33H42N4O7/c1-32(2,3)44-31(42)36-33(4,5)30(41)35-26(14-10-13-22-11-8-7-9-12-22)28(38)34-24-19-20-37(21-24)27(29(39)40)23-15-17-25(43-6)18-16-23/h7-9,11-12,15-21,26-27H,10,13-14H2,1-6H3,(H,34,38)(H,35,41)(H,36,42)(H,39,40). The Morgan fingerprint density at radius 2 is 1.59 bits per heavy atom. The van der Waals surface area contributed by atoms with E-state index in [0.717, 1.165) is 5.56 Å². The number of hydrogen-bond acceptors (Lipinski definition) is 6. The van der Waals surface area contributed by atoms with Crippen molar-refractivity contribution in [3.63, 3.8) is 0 Å². The summed E-state index contributed by atoms with van der Waals surface area (Å²) in [4.78, 5) is 51.3. The van der Waals surface area contributed by atoms with E-state index in [2.05, 4.69) is 16.0 Å². The fourth-order valence-electron chi connectivity index (χ4n) is 4.48. The molecule has 44 heavy (non-hydrogen) atoms. The van der Waals surface area contributed by atoms with E-state index in [0.29, 0.717) is 36.3 Å². The van der Waals surface area contributed by atoms with Crippen LogP contribution in [-0.4, -0.2) is 57.8 Å². The summed E-state index contributed by atoms with van der Waals surface area (Å²) in [6, 6.07) is 16.1. The predicted molar refractivity (Wildman–Crippen MR) is 167 cm³/mol. The quantitative estimate of drug-likeness (QED) is 0.216. The van der Waals surface area contributed by atoms with Crippen LogP contribution in [0.5, 0.6) is 5.75 Å². The van der Waals surface area contributed by atoms with Gasteiger partial charge in [0.05, 0.1) is 12.8 Å². The first-order valence-corrected chi connectivity index (χ1v) is 14.4. The third-order valence-electron chi connectivity index (χ3n) is 6.75. The van der Waals surface area contributed by atoms with Crippen molar-refractivity contribution in [2.45, 2.75) is 77.1 Å². The molecule has 4 N–H and O–H groups in total. The molecule has 1 aromatic heterocycles. The van der Waals surface area contributed by atoms with Crippen LogP contribution >= 0.6 is 0 Å². The first kappa shape index (κ1) is 33.7. The van der Waals surface area contributed by atoms with Gasteiger partial charge in [-0.05, 0) is 83.2 Å². The average molecular weight is 607 g/mol. The van der Waals surface area contributed by atoms with Gasteiger partial charge < -0.3 is 35.1 Å². The Balaban J connectivity index is 1.76. The first-order chi connectivity index (χ1) is 20.7. The summed E-state index contributed by atoms with van der Waals surface area (Å²) in [6.07, 6.45) is 3.95. The van der Waals surface area contributed by atoms with Crippen molar-refractivity contribution >= 4 is 29.6 Å². The van der Waals surface area contributed by atoms with Crippen LogP contribution in [0.4, 0.5) is 10.5 Å². The summed E-state index contributed by atoms with van der Waals surface area (Å²) < 4.78 is 11.9. The lowest BCUT2D eigenvalue weighted by Gasteiger charge is -2.29. The molecule has 2 unspecified atom stereocenters. The fraction of sp³-hybridized carbons (Fsp3) is 0.394. The van der Waals surface area contributed by atoms with E-state index in [9.17, 15) is 24.3 Å². The van der Waals surface area contributed by atoms with Crippen LogP contribution in [0, 0.1) is 0 Å². The highest BCUT2D eigenvalue weighted by Gasteiger charge is 2.34. The number of anilines is 1. The second kappa shape index (κ2) is 14.6. The number of carbonyl (C=O) groups excluding carboxylic acids is 3. The lowest BCUT2D eigenvalue weighted by Crippen LogP contribution is -2.58. The highest BCUT2D eigenvalue weighted by Crippen LogP contribution is 2.24. The molecular formula is C33H42N4O7. The molecular weight excluding hydrogens is 564 g/mol. The number of aromatic nitrogens is 1. The molecule has 11 nitrogen and oxygen atoms in total. The van der Waals surface area contributed by atoms with E-state index >= 15 is 0 Å². The van der Waals surface area contributed by atoms with Crippen molar-refractivity contribution in [2.24, 2.45) is 0 Å². The van der Waals surface area contributed by atoms with Gasteiger partial charge in [-0.25, -0.2) is 9.59 Å². The van der Waals surface area contributed by atoms with Crippen LogP contribution in [0.1, 0.15) is 64.6 Å². The molecule has 236 valence electrons. The molecule has 0 aliphatic rings. The van der Waals surface area contributed by atoms with E-state index in [1.807, 2.05) is 30.3 Å². The lowest BCUT2D eigenvalue weighted by molar-refractivity contribution is -0.139. The van der Waals surface area contributed by atoms with E-state index in [4.69, 9.17) is 9.47 Å². The molecule has 0 bridgehead atoms. The second-order valence-electron chi connectivity index (χ2n) is 12.0. The molecule has 0 fully saturated rings. The third-order valence-corrected chi connectivity index (χ3v) is 6.75. The maximum Gasteiger partial charge on any atom is 0.408 e. The Bertz CT molecular complexity index is 1430. The summed E-state index contributed by atoms with van der Waals surface area (Å²) >= 11 is 0. The van der Waals surface area contributed by atoms with Gasteiger partial charge in [0.1, 0.15) is 22.9 Å². The number of benzene rings is 2. The van der Waals surface area contributed by atoms with Gasteiger partial charge >= 0.3 is 12.1 Å². The van der Waals surface area contributed by atoms with Crippen LogP contribution in [-0.2, 0) is 25.5 Å². The number of carbonyl (C=O) groups is 4. The Hall–Kier alpha value is -4.80. The molecule has 0 saturated heterocycles. The van der Waals surface area contributed by atoms with Crippen molar-refractivity contribution in [3.05, 3.63) is 84.2 Å². The molecule has 11 heteroatoms. The molecule has 0 spiro atoms. The highest BCUT2D eigenvalue weighted by atomic mass is 16.6. The van der Waals surface area contributed by atoms with Gasteiger partial charge in [0.25, 0.3) is 0 Å². The smallest absolute Gasteiger partial charge is 0.408 e. The lowest BCUT2D eigenvalue weighted by atomic mass is 10.0. The highest BCUT2D eigenvalue weighted by molar-refractivity contribution is 5.99. The van der Waals surface area contributed by atoms with Crippen molar-refractivity contribution in [1.82, 2.24) is 15.2 Å². The molecule has 3 aromatic rings. The summed E-state index contributed by atoms with van der Waals surface area (Å²) in [7, 11) is 1.53. The van der Waals surface area contributed by atoms with Gasteiger partial charge in [-0.1, -0.05) is 42.5 Å². The number of methoxy groups -OCH3 is 1. The minimum atomic E-state index is -1.38. The summed E-state index contributed by atoms with van der Waals surface area (Å²) in [5.74, 6) is -1.52. The number of nitrogens with zero attached hydrogens (tertiary/aromatic N) is 1. The summed E-state index contributed by atoms with van der Waals surface area (Å²) in [5.41, 5.74) is -0.141. The van der Waals surface area contributed by atoms with Gasteiger partial charge in [-0.15, -0.1) is 0 Å². The Kier molecular flexibility index (Phi) is 11.2. The van der Waals surface area contributed by atoms with Crippen LogP contribution in [0.15, 0.2) is 73.1 Å². The summed E-state index contributed by atoms with van der Waals surface area (Å²) in [6.45, 7) is 8.20. The van der Waals surface area contributed by atoms with Crippen LogP contribution in [0.3, 0.4) is 0 Å². The minimum absolute atomic E-state index is 0.319. The van der Waals surface area contributed by atoms with Crippen LogP contribution < -0.4 is 20.7 Å². The minimum Gasteiger partial charge on any atom is -0.497 e. The molecule has 3 rings (SSSR count). The van der Waals surface area contributed by atoms with E-state index in [-0.39, 0.29) is 0 Å². The fourth-order valence-corrected chi connectivity index (χ4v) is 4.48. The number of hydrogen-bond donors (Lipinski definition) is 4.